The van der Waals surface area contributed by atoms with Gasteiger partial charge < -0.3 is 10.1 Å². The van der Waals surface area contributed by atoms with E-state index in [1.54, 1.807) is 6.20 Å². The molecule has 4 rings (SSSR count). The number of nitrogens with one attached hydrogen (secondary N) is 1. The van der Waals surface area contributed by atoms with E-state index < -0.39 is 0 Å². The molecule has 1 aromatic carbocycles. The number of hydrogen-bond acceptors (Lipinski definition) is 5. The Labute approximate surface area is 145 Å². The molecule has 0 amide bonds. The van der Waals surface area contributed by atoms with Gasteiger partial charge >= 0.3 is 0 Å². The van der Waals surface area contributed by atoms with Crippen molar-refractivity contribution in [1.29, 1.82) is 0 Å². The van der Waals surface area contributed by atoms with E-state index in [0.717, 1.165) is 54.0 Å². The smallest absolute Gasteiger partial charge is 0.158 e. The summed E-state index contributed by atoms with van der Waals surface area (Å²) in [5, 5.41) is 14.9. The number of nitrogens with zero attached hydrogens (tertiary/aromatic N) is 3. The SMILES string of the molecule is Clc1ccc(-c2nnc(NC[C@H]3CCOC3)c3cnccc23)cc1. The third-order valence-corrected chi connectivity index (χ3v) is 4.53. The molecular weight excluding hydrogens is 324 g/mol. The summed E-state index contributed by atoms with van der Waals surface area (Å²) in [7, 11) is 0. The van der Waals surface area contributed by atoms with Crippen molar-refractivity contribution in [3.8, 4) is 11.3 Å². The molecule has 1 aliphatic heterocycles. The van der Waals surface area contributed by atoms with Crippen molar-refractivity contribution in [2.45, 2.75) is 6.42 Å². The maximum absolute atomic E-state index is 5.98. The van der Waals surface area contributed by atoms with Gasteiger partial charge in [0.05, 0.1) is 6.61 Å². The lowest BCUT2D eigenvalue weighted by molar-refractivity contribution is 0.187. The highest BCUT2D eigenvalue weighted by Crippen LogP contribution is 2.30. The average Bonchev–Trinajstić information content (AvgIpc) is 3.14. The molecule has 24 heavy (non-hydrogen) atoms. The van der Waals surface area contributed by atoms with Crippen molar-refractivity contribution in [3.63, 3.8) is 0 Å². The molecule has 122 valence electrons. The predicted octanol–water partition coefficient (Wildman–Crippen LogP) is 3.79. The van der Waals surface area contributed by atoms with Gasteiger partial charge in [-0.3, -0.25) is 4.98 Å². The second-order valence-electron chi connectivity index (χ2n) is 5.94. The molecule has 5 nitrogen and oxygen atoms in total. The van der Waals surface area contributed by atoms with Gasteiger partial charge in [0.2, 0.25) is 0 Å². The van der Waals surface area contributed by atoms with Crippen molar-refractivity contribution < 1.29 is 4.74 Å². The molecular formula is C18H17ClN4O. The van der Waals surface area contributed by atoms with E-state index in [-0.39, 0.29) is 0 Å². The van der Waals surface area contributed by atoms with E-state index in [4.69, 9.17) is 16.3 Å². The molecule has 0 saturated carbocycles. The van der Waals surface area contributed by atoms with Crippen LogP contribution < -0.4 is 5.32 Å². The second-order valence-corrected chi connectivity index (χ2v) is 6.37. The molecule has 0 aliphatic carbocycles. The number of hydrogen-bond donors (Lipinski definition) is 1. The van der Waals surface area contributed by atoms with Crippen LogP contribution in [0.4, 0.5) is 5.82 Å². The summed E-state index contributed by atoms with van der Waals surface area (Å²) in [6.45, 7) is 2.48. The molecule has 3 heterocycles. The largest absolute Gasteiger partial charge is 0.381 e. The first-order valence-electron chi connectivity index (χ1n) is 7.99. The van der Waals surface area contributed by atoms with Gasteiger partial charge in [-0.25, -0.2) is 0 Å². The van der Waals surface area contributed by atoms with Crippen LogP contribution in [0.15, 0.2) is 42.7 Å². The minimum Gasteiger partial charge on any atom is -0.381 e. The van der Waals surface area contributed by atoms with Gasteiger partial charge in [-0.15, -0.1) is 10.2 Å². The van der Waals surface area contributed by atoms with Gasteiger partial charge in [0.15, 0.2) is 5.82 Å². The van der Waals surface area contributed by atoms with Gasteiger partial charge in [0.25, 0.3) is 0 Å². The lowest BCUT2D eigenvalue weighted by Crippen LogP contribution is -2.15. The van der Waals surface area contributed by atoms with E-state index in [9.17, 15) is 0 Å². The van der Waals surface area contributed by atoms with Crippen molar-refractivity contribution in [2.75, 3.05) is 25.1 Å². The lowest BCUT2D eigenvalue weighted by atomic mass is 10.1. The van der Waals surface area contributed by atoms with E-state index in [2.05, 4.69) is 20.5 Å². The number of pyridine rings is 1. The van der Waals surface area contributed by atoms with Gasteiger partial charge in [-0.05, 0) is 24.6 Å². The fraction of sp³-hybridized carbons (Fsp3) is 0.278. The maximum atomic E-state index is 5.98. The quantitative estimate of drug-likeness (QED) is 0.783. The molecule has 1 atom stereocenters. The van der Waals surface area contributed by atoms with Crippen molar-refractivity contribution >= 4 is 28.2 Å². The van der Waals surface area contributed by atoms with Crippen molar-refractivity contribution in [3.05, 3.63) is 47.7 Å². The Balaban J connectivity index is 1.70. The monoisotopic (exact) mass is 340 g/mol. The number of anilines is 1. The molecule has 1 N–H and O–H groups in total. The topological polar surface area (TPSA) is 59.9 Å². The van der Waals surface area contributed by atoms with E-state index in [1.807, 2.05) is 36.5 Å². The van der Waals surface area contributed by atoms with E-state index in [1.165, 1.54) is 0 Å². The Hall–Kier alpha value is -2.24. The highest BCUT2D eigenvalue weighted by molar-refractivity contribution is 6.30. The molecule has 2 aromatic heterocycles. The van der Waals surface area contributed by atoms with Gasteiger partial charge in [-0.1, -0.05) is 23.7 Å². The maximum Gasteiger partial charge on any atom is 0.158 e. The van der Waals surface area contributed by atoms with Crippen LogP contribution in [0.25, 0.3) is 22.0 Å². The highest BCUT2D eigenvalue weighted by atomic mass is 35.5. The molecule has 0 spiro atoms. The Morgan fingerprint density at radius 2 is 2.00 bits per heavy atom. The Kier molecular flexibility index (Phi) is 4.28. The van der Waals surface area contributed by atoms with Crippen LogP contribution in [-0.4, -0.2) is 34.9 Å². The summed E-state index contributed by atoms with van der Waals surface area (Å²) >= 11 is 5.98. The fourth-order valence-corrected chi connectivity index (χ4v) is 3.06. The number of fused-ring (bicyclic) bond motifs is 1. The average molecular weight is 341 g/mol. The lowest BCUT2D eigenvalue weighted by Gasteiger charge is -2.13. The number of aromatic nitrogens is 3. The first-order valence-corrected chi connectivity index (χ1v) is 8.37. The van der Waals surface area contributed by atoms with Crippen LogP contribution in [0, 0.1) is 5.92 Å². The van der Waals surface area contributed by atoms with Gasteiger partial charge in [0, 0.05) is 52.8 Å². The third kappa shape index (κ3) is 3.05. The molecule has 0 bridgehead atoms. The zero-order chi connectivity index (χ0) is 16.4. The standard InChI is InChI=1S/C18H17ClN4O/c19-14-3-1-13(2-4-14)17-15-5-7-20-10-16(15)18(23-22-17)21-9-12-6-8-24-11-12/h1-5,7,10,12H,6,8-9,11H2,(H,21,23)/t12-/m1/s1. The van der Waals surface area contributed by atoms with Crippen LogP contribution >= 0.6 is 11.6 Å². The number of benzene rings is 1. The Bertz CT molecular complexity index is 847. The van der Waals surface area contributed by atoms with Crippen molar-refractivity contribution in [2.24, 2.45) is 5.92 Å². The fourth-order valence-electron chi connectivity index (χ4n) is 2.93. The molecule has 0 unspecified atom stereocenters. The predicted molar refractivity (Wildman–Crippen MR) is 95.2 cm³/mol. The zero-order valence-corrected chi connectivity index (χ0v) is 13.8. The number of halogens is 1. The summed E-state index contributed by atoms with van der Waals surface area (Å²) in [4.78, 5) is 4.25. The van der Waals surface area contributed by atoms with E-state index >= 15 is 0 Å². The molecule has 1 aliphatic rings. The summed E-state index contributed by atoms with van der Waals surface area (Å²) in [5.74, 6) is 1.29. The van der Waals surface area contributed by atoms with Crippen LogP contribution in [0.1, 0.15) is 6.42 Å². The second kappa shape index (κ2) is 6.71. The Morgan fingerprint density at radius 1 is 1.12 bits per heavy atom. The van der Waals surface area contributed by atoms with Crippen LogP contribution in [0.2, 0.25) is 5.02 Å². The van der Waals surface area contributed by atoms with Gasteiger partial charge in [-0.2, -0.15) is 0 Å². The number of rotatable bonds is 4. The van der Waals surface area contributed by atoms with Crippen LogP contribution in [0.5, 0.6) is 0 Å². The summed E-state index contributed by atoms with van der Waals surface area (Å²) in [5.41, 5.74) is 1.82. The van der Waals surface area contributed by atoms with Crippen LogP contribution in [0.3, 0.4) is 0 Å². The minimum atomic E-state index is 0.523. The molecule has 1 saturated heterocycles. The minimum absolute atomic E-state index is 0.523. The van der Waals surface area contributed by atoms with Crippen molar-refractivity contribution in [1.82, 2.24) is 15.2 Å². The zero-order valence-electron chi connectivity index (χ0n) is 13.1. The number of ether oxygens (including phenoxy) is 1. The highest BCUT2D eigenvalue weighted by Gasteiger charge is 2.17. The third-order valence-electron chi connectivity index (χ3n) is 4.28. The van der Waals surface area contributed by atoms with Gasteiger partial charge in [0.1, 0.15) is 5.69 Å². The van der Waals surface area contributed by atoms with E-state index in [0.29, 0.717) is 10.9 Å². The normalized spacial score (nSPS) is 17.3. The molecule has 3 aromatic rings. The molecule has 0 radical (unpaired) electrons. The van der Waals surface area contributed by atoms with Crippen LogP contribution in [-0.2, 0) is 4.74 Å². The summed E-state index contributed by atoms with van der Waals surface area (Å²) in [6.07, 6.45) is 4.69. The molecule has 1 fully saturated rings. The molecule has 6 heteroatoms. The first-order chi connectivity index (χ1) is 11.8. The summed E-state index contributed by atoms with van der Waals surface area (Å²) < 4.78 is 5.42. The Morgan fingerprint density at radius 3 is 2.79 bits per heavy atom. The first kappa shape index (κ1) is 15.3. The summed E-state index contributed by atoms with van der Waals surface area (Å²) in [6, 6.07) is 9.60.